The summed E-state index contributed by atoms with van der Waals surface area (Å²) in [5, 5.41) is 0.748. The Balaban J connectivity index is 1.94. The van der Waals surface area contributed by atoms with E-state index in [0.29, 0.717) is 22.7 Å². The van der Waals surface area contributed by atoms with Gasteiger partial charge in [-0.05, 0) is 32.0 Å². The Labute approximate surface area is 141 Å². The van der Waals surface area contributed by atoms with E-state index in [1.54, 1.807) is 26.0 Å². The third kappa shape index (κ3) is 3.18. The summed E-state index contributed by atoms with van der Waals surface area (Å²) in [6.07, 6.45) is 0. The molecule has 0 amide bonds. The highest BCUT2D eigenvalue weighted by molar-refractivity contribution is 7.24. The van der Waals surface area contributed by atoms with Crippen LogP contribution in [0.1, 0.15) is 22.3 Å². The standard InChI is InChI=1S/C17H14FNO2S2/c1-3-21-17(20)15-10(2)19-16(23-15)14-9-8-13(22-14)11-6-4-5-7-12(11)18/h4-9H,3H2,1-2H3. The molecule has 6 heteroatoms. The number of carbonyl (C=O) groups is 1. The molecule has 2 heterocycles. The van der Waals surface area contributed by atoms with Crippen molar-refractivity contribution in [3.63, 3.8) is 0 Å². The number of hydrogen-bond acceptors (Lipinski definition) is 5. The molecular weight excluding hydrogens is 333 g/mol. The van der Waals surface area contributed by atoms with Crippen LogP contribution in [0.4, 0.5) is 4.39 Å². The maximum Gasteiger partial charge on any atom is 0.350 e. The number of esters is 1. The third-order valence-electron chi connectivity index (χ3n) is 3.21. The van der Waals surface area contributed by atoms with Gasteiger partial charge in [-0.2, -0.15) is 0 Å². The van der Waals surface area contributed by atoms with Gasteiger partial charge in [0, 0.05) is 10.4 Å². The van der Waals surface area contributed by atoms with E-state index < -0.39 is 0 Å². The van der Waals surface area contributed by atoms with Crippen molar-refractivity contribution in [2.45, 2.75) is 13.8 Å². The summed E-state index contributed by atoms with van der Waals surface area (Å²) in [5.41, 5.74) is 1.23. The van der Waals surface area contributed by atoms with E-state index >= 15 is 0 Å². The fourth-order valence-corrected chi connectivity index (χ4v) is 4.19. The fraction of sp³-hybridized carbons (Fsp3) is 0.176. The van der Waals surface area contributed by atoms with E-state index in [0.717, 1.165) is 14.8 Å². The predicted molar refractivity (Wildman–Crippen MR) is 91.5 cm³/mol. The average molecular weight is 347 g/mol. The van der Waals surface area contributed by atoms with Crippen LogP contribution in [-0.4, -0.2) is 17.6 Å². The molecule has 3 aromatic rings. The maximum absolute atomic E-state index is 13.9. The largest absolute Gasteiger partial charge is 0.462 e. The van der Waals surface area contributed by atoms with E-state index in [9.17, 15) is 9.18 Å². The Hall–Kier alpha value is -2.05. The summed E-state index contributed by atoms with van der Waals surface area (Å²) in [6, 6.07) is 10.5. The number of carbonyl (C=O) groups excluding carboxylic acids is 1. The topological polar surface area (TPSA) is 39.2 Å². The van der Waals surface area contributed by atoms with Gasteiger partial charge < -0.3 is 4.74 Å². The van der Waals surface area contributed by atoms with Crippen molar-refractivity contribution in [3.8, 4) is 20.3 Å². The van der Waals surface area contributed by atoms with Crippen molar-refractivity contribution >= 4 is 28.6 Å². The SMILES string of the molecule is CCOC(=O)c1sc(-c2ccc(-c3ccccc3F)s2)nc1C. The van der Waals surface area contributed by atoms with Gasteiger partial charge in [-0.1, -0.05) is 18.2 Å². The van der Waals surface area contributed by atoms with Crippen LogP contribution < -0.4 is 0 Å². The van der Waals surface area contributed by atoms with Crippen LogP contribution in [-0.2, 0) is 4.74 Å². The number of aryl methyl sites for hydroxylation is 1. The molecule has 118 valence electrons. The van der Waals surface area contributed by atoms with Crippen LogP contribution in [0.25, 0.3) is 20.3 Å². The van der Waals surface area contributed by atoms with Crippen LogP contribution in [0.3, 0.4) is 0 Å². The number of rotatable bonds is 4. The molecule has 23 heavy (non-hydrogen) atoms. The van der Waals surface area contributed by atoms with Crippen LogP contribution in [0.2, 0.25) is 0 Å². The van der Waals surface area contributed by atoms with Crippen LogP contribution in [0, 0.1) is 12.7 Å². The van der Waals surface area contributed by atoms with Crippen molar-refractivity contribution in [2.75, 3.05) is 6.61 Å². The quantitative estimate of drug-likeness (QED) is 0.612. The van der Waals surface area contributed by atoms with Crippen LogP contribution >= 0.6 is 22.7 Å². The third-order valence-corrected chi connectivity index (χ3v) is 5.64. The second-order valence-corrected chi connectivity index (χ2v) is 6.88. The van der Waals surface area contributed by atoms with Gasteiger partial charge in [-0.25, -0.2) is 14.2 Å². The number of aromatic nitrogens is 1. The van der Waals surface area contributed by atoms with Gasteiger partial charge in [0.25, 0.3) is 0 Å². The van der Waals surface area contributed by atoms with Crippen molar-refractivity contribution in [1.82, 2.24) is 4.98 Å². The first kappa shape index (κ1) is 15.8. The van der Waals surface area contributed by atoms with Gasteiger partial charge in [0.05, 0.1) is 17.2 Å². The molecule has 0 radical (unpaired) electrons. The molecule has 0 fully saturated rings. The van der Waals surface area contributed by atoms with E-state index in [1.165, 1.54) is 28.7 Å². The summed E-state index contributed by atoms with van der Waals surface area (Å²) in [5.74, 6) is -0.594. The van der Waals surface area contributed by atoms with Gasteiger partial charge >= 0.3 is 5.97 Å². The lowest BCUT2D eigenvalue weighted by molar-refractivity contribution is 0.0531. The number of thiophene rings is 1. The van der Waals surface area contributed by atoms with Gasteiger partial charge in [-0.15, -0.1) is 22.7 Å². The Morgan fingerprint density at radius 3 is 2.65 bits per heavy atom. The van der Waals surface area contributed by atoms with E-state index in [1.807, 2.05) is 18.2 Å². The molecule has 3 nitrogen and oxygen atoms in total. The minimum atomic E-state index is -0.348. The van der Waals surface area contributed by atoms with Gasteiger partial charge in [-0.3, -0.25) is 0 Å². The molecule has 0 saturated heterocycles. The van der Waals surface area contributed by atoms with E-state index in [4.69, 9.17) is 4.74 Å². The van der Waals surface area contributed by atoms with Gasteiger partial charge in [0.15, 0.2) is 0 Å². The lowest BCUT2D eigenvalue weighted by Crippen LogP contribution is -2.03. The average Bonchev–Trinajstić information content (AvgIpc) is 3.14. The highest BCUT2D eigenvalue weighted by atomic mass is 32.1. The van der Waals surface area contributed by atoms with Crippen molar-refractivity contribution in [2.24, 2.45) is 0 Å². The Kier molecular flexibility index (Phi) is 4.54. The molecule has 0 atom stereocenters. The first-order valence-corrected chi connectivity index (χ1v) is 8.73. The smallest absolute Gasteiger partial charge is 0.350 e. The number of hydrogen-bond donors (Lipinski definition) is 0. The number of halogens is 1. The fourth-order valence-electron chi connectivity index (χ4n) is 2.15. The number of nitrogens with zero attached hydrogens (tertiary/aromatic N) is 1. The zero-order chi connectivity index (χ0) is 16.4. The summed E-state index contributed by atoms with van der Waals surface area (Å²) in [6.45, 7) is 3.90. The number of benzene rings is 1. The zero-order valence-corrected chi connectivity index (χ0v) is 14.3. The highest BCUT2D eigenvalue weighted by Gasteiger charge is 2.18. The van der Waals surface area contributed by atoms with E-state index in [2.05, 4.69) is 4.98 Å². The second kappa shape index (κ2) is 6.60. The summed E-state index contributed by atoms with van der Waals surface area (Å²) in [4.78, 5) is 18.6. The number of thiazole rings is 1. The molecule has 2 aromatic heterocycles. The monoisotopic (exact) mass is 347 g/mol. The predicted octanol–water partition coefficient (Wildman–Crippen LogP) is 5.16. The Morgan fingerprint density at radius 1 is 1.17 bits per heavy atom. The summed E-state index contributed by atoms with van der Waals surface area (Å²) >= 11 is 2.76. The minimum Gasteiger partial charge on any atom is -0.462 e. The second-order valence-electron chi connectivity index (χ2n) is 4.80. The molecule has 0 aliphatic carbocycles. The zero-order valence-electron chi connectivity index (χ0n) is 12.6. The summed E-state index contributed by atoms with van der Waals surface area (Å²) in [7, 11) is 0. The van der Waals surface area contributed by atoms with Crippen LogP contribution in [0.15, 0.2) is 36.4 Å². The van der Waals surface area contributed by atoms with Gasteiger partial charge in [0.1, 0.15) is 15.7 Å². The first-order valence-electron chi connectivity index (χ1n) is 7.09. The number of ether oxygens (including phenoxy) is 1. The molecule has 0 spiro atoms. The molecule has 0 unspecified atom stereocenters. The molecule has 0 aliphatic rings. The lowest BCUT2D eigenvalue weighted by atomic mass is 10.2. The molecule has 0 aliphatic heterocycles. The van der Waals surface area contributed by atoms with E-state index in [-0.39, 0.29) is 11.8 Å². The molecule has 3 rings (SSSR count). The molecule has 0 saturated carbocycles. The normalized spacial score (nSPS) is 10.7. The minimum absolute atomic E-state index is 0.247. The van der Waals surface area contributed by atoms with Crippen molar-refractivity contribution in [1.29, 1.82) is 0 Å². The highest BCUT2D eigenvalue weighted by Crippen LogP contribution is 2.38. The Bertz CT molecular complexity index is 854. The van der Waals surface area contributed by atoms with Gasteiger partial charge in [0.2, 0.25) is 0 Å². The van der Waals surface area contributed by atoms with Crippen molar-refractivity contribution < 1.29 is 13.9 Å². The Morgan fingerprint density at radius 2 is 1.91 bits per heavy atom. The molecule has 1 aromatic carbocycles. The van der Waals surface area contributed by atoms with Crippen molar-refractivity contribution in [3.05, 3.63) is 52.8 Å². The summed E-state index contributed by atoms with van der Waals surface area (Å²) < 4.78 is 18.9. The first-order chi connectivity index (χ1) is 11.1. The molecular formula is C17H14FNO2S2. The molecule has 0 N–H and O–H groups in total. The molecule has 0 bridgehead atoms. The maximum atomic E-state index is 13.9. The lowest BCUT2D eigenvalue weighted by Gasteiger charge is -1.98. The van der Waals surface area contributed by atoms with Crippen LogP contribution in [0.5, 0.6) is 0 Å².